The van der Waals surface area contributed by atoms with Gasteiger partial charge in [-0.2, -0.15) is 0 Å². The number of unbranched alkanes of at least 4 members (excludes halogenated alkanes) is 9. The Morgan fingerprint density at radius 2 is 1.61 bits per heavy atom. The Morgan fingerprint density at radius 1 is 0.913 bits per heavy atom. The summed E-state index contributed by atoms with van der Waals surface area (Å²) < 4.78 is 0. The van der Waals surface area contributed by atoms with E-state index in [0.29, 0.717) is 0 Å². The Labute approximate surface area is 139 Å². The Morgan fingerprint density at radius 3 is 2.35 bits per heavy atom. The van der Waals surface area contributed by atoms with Crippen molar-refractivity contribution in [2.24, 2.45) is 0 Å². The highest BCUT2D eigenvalue weighted by Crippen LogP contribution is 2.10. The predicted molar refractivity (Wildman–Crippen MR) is 95.2 cm³/mol. The average molecular weight is 317 g/mol. The number of aromatic amines is 1. The van der Waals surface area contributed by atoms with Gasteiger partial charge in [0.15, 0.2) is 5.65 Å². The van der Waals surface area contributed by atoms with Gasteiger partial charge in [0.2, 0.25) is 0 Å². The Balaban J connectivity index is 1.42. The van der Waals surface area contributed by atoms with Crippen LogP contribution < -0.4 is 5.32 Å². The van der Waals surface area contributed by atoms with E-state index in [4.69, 9.17) is 0 Å². The molecule has 0 unspecified atom stereocenters. The zero-order chi connectivity index (χ0) is 16.2. The Kier molecular flexibility index (Phi) is 8.62. The number of nitrogens with zero attached hydrogens (tertiary/aromatic N) is 3. The van der Waals surface area contributed by atoms with Crippen molar-refractivity contribution in [2.45, 2.75) is 77.7 Å². The van der Waals surface area contributed by atoms with Crippen LogP contribution in [0.2, 0.25) is 0 Å². The number of rotatable bonds is 13. The molecule has 0 bridgehead atoms. The lowest BCUT2D eigenvalue weighted by atomic mass is 10.1. The third-order valence-electron chi connectivity index (χ3n) is 4.21. The van der Waals surface area contributed by atoms with E-state index in [0.717, 1.165) is 30.1 Å². The first kappa shape index (κ1) is 17.9. The fourth-order valence-electron chi connectivity index (χ4n) is 2.80. The first-order valence-corrected chi connectivity index (χ1v) is 9.26. The van der Waals surface area contributed by atoms with Gasteiger partial charge < -0.3 is 10.3 Å². The minimum Gasteiger partial charge on any atom is -0.329 e. The zero-order valence-electron chi connectivity index (χ0n) is 14.5. The molecule has 2 heterocycles. The number of hydrogen-bond acceptors (Lipinski definition) is 4. The number of aromatic nitrogens is 4. The van der Waals surface area contributed by atoms with E-state index in [1.54, 1.807) is 12.5 Å². The Hall–Kier alpha value is -1.49. The van der Waals surface area contributed by atoms with Gasteiger partial charge in [0.25, 0.3) is 0 Å². The first-order chi connectivity index (χ1) is 11.4. The van der Waals surface area contributed by atoms with E-state index in [2.05, 4.69) is 32.2 Å². The molecule has 0 aliphatic heterocycles. The molecule has 0 aliphatic carbocycles. The number of imidazole rings is 1. The molecule has 0 spiro atoms. The maximum atomic E-state index is 4.43. The molecule has 0 saturated carbocycles. The zero-order valence-corrected chi connectivity index (χ0v) is 14.5. The molecule has 0 aromatic carbocycles. The predicted octanol–water partition coefficient (Wildman–Crippen LogP) is 4.36. The molecule has 0 radical (unpaired) electrons. The molecule has 0 amide bonds. The van der Waals surface area contributed by atoms with Crippen molar-refractivity contribution in [1.29, 1.82) is 0 Å². The van der Waals surface area contributed by atoms with Gasteiger partial charge in [0.1, 0.15) is 11.3 Å². The largest absolute Gasteiger partial charge is 0.329 e. The molecule has 2 aromatic heterocycles. The highest BCUT2D eigenvalue weighted by Gasteiger charge is 2.01. The molecule has 0 saturated heterocycles. The number of fused-ring (bicyclic) bond motifs is 1. The number of nitrogens with one attached hydrogen (secondary N) is 2. The maximum Gasteiger partial charge on any atom is 0.160 e. The van der Waals surface area contributed by atoms with Gasteiger partial charge in [-0.1, -0.05) is 64.7 Å². The van der Waals surface area contributed by atoms with Crippen LogP contribution in [0, 0.1) is 0 Å². The standard InChI is InChI=1S/C18H31N5/c1-2-3-4-5-6-7-8-9-10-11-12-19-14-17-20-13-16-18(23-17)22-15-21-16/h13,15,19H,2-12,14H2,1H3,(H,20,21,22,23). The summed E-state index contributed by atoms with van der Waals surface area (Å²) in [6.07, 6.45) is 17.2. The second-order valence-electron chi connectivity index (χ2n) is 6.28. The van der Waals surface area contributed by atoms with Gasteiger partial charge in [0.05, 0.1) is 19.1 Å². The summed E-state index contributed by atoms with van der Waals surface area (Å²) >= 11 is 0. The van der Waals surface area contributed by atoms with Gasteiger partial charge in [-0.3, -0.25) is 0 Å². The molecule has 2 rings (SSSR count). The minimum absolute atomic E-state index is 0.729. The molecule has 2 aromatic rings. The van der Waals surface area contributed by atoms with E-state index in [-0.39, 0.29) is 0 Å². The first-order valence-electron chi connectivity index (χ1n) is 9.26. The van der Waals surface area contributed by atoms with Crippen LogP contribution in [0.15, 0.2) is 12.5 Å². The van der Waals surface area contributed by atoms with Crippen LogP contribution in [0.3, 0.4) is 0 Å². The van der Waals surface area contributed by atoms with E-state index in [1.807, 2.05) is 0 Å². The second kappa shape index (κ2) is 11.1. The fourth-order valence-corrected chi connectivity index (χ4v) is 2.80. The average Bonchev–Trinajstić information content (AvgIpc) is 3.03. The molecule has 0 aliphatic rings. The smallest absolute Gasteiger partial charge is 0.160 e. The maximum absolute atomic E-state index is 4.43. The highest BCUT2D eigenvalue weighted by molar-refractivity contribution is 5.67. The third kappa shape index (κ3) is 7.08. The molecule has 2 N–H and O–H groups in total. The molecule has 0 atom stereocenters. The van der Waals surface area contributed by atoms with Crippen LogP contribution in [-0.4, -0.2) is 26.5 Å². The topological polar surface area (TPSA) is 66.5 Å². The van der Waals surface area contributed by atoms with Gasteiger partial charge in [-0.05, 0) is 13.0 Å². The van der Waals surface area contributed by atoms with E-state index in [1.165, 1.54) is 64.2 Å². The quantitative estimate of drug-likeness (QED) is 0.539. The minimum atomic E-state index is 0.729. The van der Waals surface area contributed by atoms with Gasteiger partial charge in [-0.15, -0.1) is 0 Å². The third-order valence-corrected chi connectivity index (χ3v) is 4.21. The van der Waals surface area contributed by atoms with Crippen molar-refractivity contribution >= 4 is 11.2 Å². The summed E-state index contributed by atoms with van der Waals surface area (Å²) in [4.78, 5) is 15.9. The van der Waals surface area contributed by atoms with Gasteiger partial charge in [-0.25, -0.2) is 15.0 Å². The van der Waals surface area contributed by atoms with Crippen molar-refractivity contribution in [3.63, 3.8) is 0 Å². The summed E-state index contributed by atoms with van der Waals surface area (Å²) in [5.41, 5.74) is 1.64. The lowest BCUT2D eigenvalue weighted by molar-refractivity contribution is 0.541. The van der Waals surface area contributed by atoms with Crippen LogP contribution in [0.5, 0.6) is 0 Å². The fraction of sp³-hybridized carbons (Fsp3) is 0.722. The lowest BCUT2D eigenvalue weighted by Gasteiger charge is -2.04. The van der Waals surface area contributed by atoms with Gasteiger partial charge in [0, 0.05) is 0 Å². The van der Waals surface area contributed by atoms with Crippen molar-refractivity contribution in [3.05, 3.63) is 18.3 Å². The molecule has 5 heteroatoms. The van der Waals surface area contributed by atoms with E-state index in [9.17, 15) is 0 Å². The van der Waals surface area contributed by atoms with Crippen LogP contribution in [0.4, 0.5) is 0 Å². The summed E-state index contributed by atoms with van der Waals surface area (Å²) in [5.74, 6) is 0.828. The summed E-state index contributed by atoms with van der Waals surface area (Å²) in [5, 5.41) is 3.42. The summed E-state index contributed by atoms with van der Waals surface area (Å²) in [6, 6.07) is 0. The number of hydrogen-bond donors (Lipinski definition) is 2. The molecule has 23 heavy (non-hydrogen) atoms. The monoisotopic (exact) mass is 317 g/mol. The normalized spacial score (nSPS) is 11.3. The number of H-pyrrole nitrogens is 1. The van der Waals surface area contributed by atoms with Crippen LogP contribution in [0.25, 0.3) is 11.2 Å². The van der Waals surface area contributed by atoms with E-state index < -0.39 is 0 Å². The van der Waals surface area contributed by atoms with E-state index >= 15 is 0 Å². The molecular weight excluding hydrogens is 286 g/mol. The molecule has 5 nitrogen and oxygen atoms in total. The molecule has 128 valence electrons. The van der Waals surface area contributed by atoms with Crippen molar-refractivity contribution < 1.29 is 0 Å². The van der Waals surface area contributed by atoms with Crippen molar-refractivity contribution in [1.82, 2.24) is 25.3 Å². The lowest BCUT2D eigenvalue weighted by Crippen LogP contribution is -2.16. The molecule has 0 fully saturated rings. The van der Waals surface area contributed by atoms with Crippen molar-refractivity contribution in [3.8, 4) is 0 Å². The van der Waals surface area contributed by atoms with Gasteiger partial charge >= 0.3 is 0 Å². The molecular formula is C18H31N5. The van der Waals surface area contributed by atoms with Crippen LogP contribution in [0.1, 0.15) is 77.0 Å². The Bertz CT molecular complexity index is 537. The van der Waals surface area contributed by atoms with Crippen LogP contribution in [-0.2, 0) is 6.54 Å². The second-order valence-corrected chi connectivity index (χ2v) is 6.28. The van der Waals surface area contributed by atoms with Crippen molar-refractivity contribution in [2.75, 3.05) is 6.54 Å². The van der Waals surface area contributed by atoms with Crippen LogP contribution >= 0.6 is 0 Å². The highest BCUT2D eigenvalue weighted by atomic mass is 15.0. The summed E-state index contributed by atoms with van der Waals surface area (Å²) in [7, 11) is 0. The summed E-state index contributed by atoms with van der Waals surface area (Å²) in [6.45, 7) is 4.04. The SMILES string of the molecule is CCCCCCCCCCCCNCc1ncc2nc[nH]c2n1.